The van der Waals surface area contributed by atoms with E-state index in [0.717, 1.165) is 0 Å². The van der Waals surface area contributed by atoms with Crippen molar-refractivity contribution >= 4 is 5.91 Å². The van der Waals surface area contributed by atoms with Crippen LogP contribution in [0, 0.1) is 5.82 Å². The van der Waals surface area contributed by atoms with Crippen molar-refractivity contribution in [3.05, 3.63) is 36.0 Å². The number of carbonyl (C=O) groups is 1. The lowest BCUT2D eigenvalue weighted by atomic mass is 10.2. The fourth-order valence-electron chi connectivity index (χ4n) is 2.38. The van der Waals surface area contributed by atoms with Crippen molar-refractivity contribution in [3.8, 4) is 11.4 Å². The first-order chi connectivity index (χ1) is 12.0. The minimum atomic E-state index is -2.54. The van der Waals surface area contributed by atoms with Gasteiger partial charge < -0.3 is 9.42 Å². The maximum absolute atomic E-state index is 12.9. The normalized spacial score (nSPS) is 11.1. The van der Waals surface area contributed by atoms with E-state index < -0.39 is 13.0 Å². The Labute approximate surface area is 143 Å². The Kier molecular flexibility index (Phi) is 6.97. The van der Waals surface area contributed by atoms with E-state index in [1.165, 1.54) is 17.0 Å². The molecule has 0 unspecified atom stereocenters. The highest BCUT2D eigenvalue weighted by molar-refractivity contribution is 5.76. The Balaban J connectivity index is 1.85. The highest BCUT2D eigenvalue weighted by Crippen LogP contribution is 2.17. The van der Waals surface area contributed by atoms with Crippen molar-refractivity contribution in [2.75, 3.05) is 13.1 Å². The van der Waals surface area contributed by atoms with Crippen LogP contribution in [0.4, 0.5) is 13.2 Å². The van der Waals surface area contributed by atoms with E-state index in [9.17, 15) is 18.0 Å². The average Bonchev–Trinajstić information content (AvgIpc) is 3.03. The van der Waals surface area contributed by atoms with Crippen molar-refractivity contribution in [1.29, 1.82) is 0 Å². The number of aryl methyl sites for hydroxylation is 1. The largest absolute Gasteiger partial charge is 0.339 e. The maximum Gasteiger partial charge on any atom is 0.255 e. The van der Waals surface area contributed by atoms with Crippen molar-refractivity contribution < 1.29 is 22.5 Å². The van der Waals surface area contributed by atoms with Gasteiger partial charge in [0.05, 0.1) is 6.54 Å². The number of carbonyl (C=O) groups excluding carboxylic acids is 1. The summed E-state index contributed by atoms with van der Waals surface area (Å²) in [5.41, 5.74) is 0.624. The molecule has 0 radical (unpaired) electrons. The van der Waals surface area contributed by atoms with E-state index >= 15 is 0 Å². The topological polar surface area (TPSA) is 59.2 Å². The zero-order chi connectivity index (χ0) is 18.2. The average molecular weight is 355 g/mol. The molecule has 0 aliphatic heterocycles. The maximum atomic E-state index is 12.9. The van der Waals surface area contributed by atoms with Crippen LogP contribution in [-0.4, -0.2) is 40.5 Å². The number of rotatable bonds is 9. The molecule has 0 N–H and O–H groups in total. The lowest BCUT2D eigenvalue weighted by Crippen LogP contribution is -2.35. The number of benzene rings is 1. The summed E-state index contributed by atoms with van der Waals surface area (Å²) in [4.78, 5) is 17.4. The Morgan fingerprint density at radius 2 is 2.00 bits per heavy atom. The lowest BCUT2D eigenvalue weighted by Gasteiger charge is -2.21. The second-order valence-corrected chi connectivity index (χ2v) is 5.60. The Morgan fingerprint density at radius 3 is 2.64 bits per heavy atom. The number of aromatic nitrogens is 2. The standard InChI is InChI=1S/C17H20F3N3O2/c1-2-10-23(11-14(19)20)16(24)5-3-4-15-21-17(22-25-15)12-6-8-13(18)9-7-12/h6-9,14H,2-5,10-11H2,1H3. The van der Waals surface area contributed by atoms with Crippen LogP contribution >= 0.6 is 0 Å². The van der Waals surface area contributed by atoms with Crippen LogP contribution in [-0.2, 0) is 11.2 Å². The third-order valence-corrected chi connectivity index (χ3v) is 3.56. The molecule has 1 amide bonds. The quantitative estimate of drug-likeness (QED) is 0.688. The summed E-state index contributed by atoms with van der Waals surface area (Å²) in [6.45, 7) is 1.61. The second-order valence-electron chi connectivity index (χ2n) is 5.60. The molecule has 1 heterocycles. The molecule has 8 heteroatoms. The first-order valence-electron chi connectivity index (χ1n) is 8.14. The third-order valence-electron chi connectivity index (χ3n) is 3.56. The van der Waals surface area contributed by atoms with Crippen LogP contribution in [0.25, 0.3) is 11.4 Å². The molecule has 0 bridgehead atoms. The zero-order valence-electron chi connectivity index (χ0n) is 13.9. The first kappa shape index (κ1) is 19.0. The number of nitrogens with zero attached hydrogens (tertiary/aromatic N) is 3. The Morgan fingerprint density at radius 1 is 1.28 bits per heavy atom. The fourth-order valence-corrected chi connectivity index (χ4v) is 2.38. The Hall–Kier alpha value is -2.38. The van der Waals surface area contributed by atoms with Gasteiger partial charge in [0.25, 0.3) is 6.43 Å². The summed E-state index contributed by atoms with van der Waals surface area (Å²) in [5.74, 6) is 0.0292. The number of hydrogen-bond acceptors (Lipinski definition) is 4. The van der Waals surface area contributed by atoms with E-state index in [2.05, 4.69) is 10.1 Å². The van der Waals surface area contributed by atoms with Crippen molar-refractivity contribution in [2.45, 2.75) is 39.0 Å². The fraction of sp³-hybridized carbons (Fsp3) is 0.471. The molecule has 1 aromatic heterocycles. The highest BCUT2D eigenvalue weighted by Gasteiger charge is 2.17. The first-order valence-corrected chi connectivity index (χ1v) is 8.14. The summed E-state index contributed by atoms with van der Waals surface area (Å²) in [6.07, 6.45) is -0.976. The van der Waals surface area contributed by atoms with Gasteiger partial charge in [-0.2, -0.15) is 4.98 Å². The molecular weight excluding hydrogens is 335 g/mol. The van der Waals surface area contributed by atoms with Gasteiger partial charge in [-0.1, -0.05) is 12.1 Å². The third kappa shape index (κ3) is 5.88. The lowest BCUT2D eigenvalue weighted by molar-refractivity contribution is -0.133. The van der Waals surface area contributed by atoms with Gasteiger partial charge in [0.15, 0.2) is 0 Å². The van der Waals surface area contributed by atoms with Gasteiger partial charge in [0.2, 0.25) is 17.6 Å². The van der Waals surface area contributed by atoms with E-state index in [1.54, 1.807) is 12.1 Å². The smallest absolute Gasteiger partial charge is 0.255 e. The summed E-state index contributed by atoms with van der Waals surface area (Å²) in [5, 5.41) is 3.81. The van der Waals surface area contributed by atoms with Crippen LogP contribution in [0.3, 0.4) is 0 Å². The SMILES string of the molecule is CCCN(CC(F)F)C(=O)CCCc1nc(-c2ccc(F)cc2)no1. The van der Waals surface area contributed by atoms with Gasteiger partial charge in [-0.25, -0.2) is 13.2 Å². The molecule has 0 saturated heterocycles. The van der Waals surface area contributed by atoms with Crippen LogP contribution in [0.1, 0.15) is 32.1 Å². The summed E-state index contributed by atoms with van der Waals surface area (Å²) in [7, 11) is 0. The number of hydrogen-bond donors (Lipinski definition) is 0. The van der Waals surface area contributed by atoms with Crippen LogP contribution < -0.4 is 0 Å². The molecule has 5 nitrogen and oxygen atoms in total. The molecule has 0 atom stereocenters. The number of halogens is 3. The molecule has 2 rings (SSSR count). The molecule has 0 spiro atoms. The molecule has 1 aromatic carbocycles. The van der Waals surface area contributed by atoms with Gasteiger partial charge in [-0.15, -0.1) is 0 Å². The zero-order valence-corrected chi connectivity index (χ0v) is 13.9. The van der Waals surface area contributed by atoms with Crippen molar-refractivity contribution in [2.24, 2.45) is 0 Å². The van der Waals surface area contributed by atoms with E-state index in [4.69, 9.17) is 4.52 Å². The van der Waals surface area contributed by atoms with Gasteiger partial charge >= 0.3 is 0 Å². The minimum Gasteiger partial charge on any atom is -0.339 e. The predicted molar refractivity (Wildman–Crippen MR) is 85.5 cm³/mol. The van der Waals surface area contributed by atoms with E-state index in [0.29, 0.717) is 43.1 Å². The molecule has 0 saturated carbocycles. The number of alkyl halides is 2. The van der Waals surface area contributed by atoms with Crippen molar-refractivity contribution in [3.63, 3.8) is 0 Å². The van der Waals surface area contributed by atoms with Gasteiger partial charge in [0, 0.05) is 24.9 Å². The van der Waals surface area contributed by atoms with Crippen molar-refractivity contribution in [1.82, 2.24) is 15.0 Å². The van der Waals surface area contributed by atoms with Gasteiger partial charge in [-0.3, -0.25) is 4.79 Å². The molecule has 2 aromatic rings. The summed E-state index contributed by atoms with van der Waals surface area (Å²) >= 11 is 0. The van der Waals surface area contributed by atoms with Crippen LogP contribution in [0.2, 0.25) is 0 Å². The van der Waals surface area contributed by atoms with Gasteiger partial charge in [-0.05, 0) is 37.1 Å². The number of amides is 1. The molecule has 0 aliphatic carbocycles. The summed E-state index contributed by atoms with van der Waals surface area (Å²) < 4.78 is 43.0. The van der Waals surface area contributed by atoms with E-state index in [-0.39, 0.29) is 18.1 Å². The minimum absolute atomic E-state index is 0.140. The van der Waals surface area contributed by atoms with Crippen LogP contribution in [0.15, 0.2) is 28.8 Å². The van der Waals surface area contributed by atoms with Gasteiger partial charge in [0.1, 0.15) is 5.82 Å². The van der Waals surface area contributed by atoms with E-state index in [1.807, 2.05) is 6.92 Å². The molecule has 136 valence electrons. The highest BCUT2D eigenvalue weighted by atomic mass is 19.3. The second kappa shape index (κ2) is 9.19. The monoisotopic (exact) mass is 355 g/mol. The molecule has 0 fully saturated rings. The summed E-state index contributed by atoms with van der Waals surface area (Å²) in [6, 6.07) is 5.69. The predicted octanol–water partition coefficient (Wildman–Crippen LogP) is 3.70. The van der Waals surface area contributed by atoms with Crippen LogP contribution in [0.5, 0.6) is 0 Å². The molecule has 0 aliphatic rings. The molecule has 25 heavy (non-hydrogen) atoms. The molecular formula is C17H20F3N3O2. The Bertz CT molecular complexity index is 674.